The van der Waals surface area contributed by atoms with Crippen molar-refractivity contribution in [3.05, 3.63) is 29.3 Å². The maximum absolute atomic E-state index is 11.4. The fourth-order valence-electron chi connectivity index (χ4n) is 1.24. The van der Waals surface area contributed by atoms with Gasteiger partial charge in [-0.1, -0.05) is 25.4 Å². The van der Waals surface area contributed by atoms with E-state index in [0.717, 1.165) is 0 Å². The Morgan fingerprint density at radius 2 is 1.90 bits per heavy atom. The Kier molecular flexibility index (Phi) is 6.87. The first-order chi connectivity index (χ1) is 9.49. The van der Waals surface area contributed by atoms with E-state index in [4.69, 9.17) is 21.1 Å². The summed E-state index contributed by atoms with van der Waals surface area (Å²) >= 11 is 5.74. The average Bonchev–Trinajstić information content (AvgIpc) is 2.42. The highest BCUT2D eigenvalue weighted by atomic mass is 35.5. The number of nitrogens with one attached hydrogen (secondary N) is 1. The Hall–Kier alpha value is -1.75. The van der Waals surface area contributed by atoms with Crippen LogP contribution in [0.1, 0.15) is 13.8 Å². The highest BCUT2D eigenvalue weighted by Crippen LogP contribution is 2.14. The van der Waals surface area contributed by atoms with E-state index in [1.807, 2.05) is 0 Å². The molecule has 0 atom stereocenters. The van der Waals surface area contributed by atoms with E-state index in [2.05, 4.69) is 5.32 Å². The molecular weight excluding hydrogens is 282 g/mol. The standard InChI is InChI=1S/C14H18ClNO4/c1-10(2)14(18)20-9-13(17)16-7-8-19-12-5-3-11(15)4-6-12/h3-6,10H,7-9H2,1-2H3,(H,16,17). The number of carbonyl (C=O) groups excluding carboxylic acids is 2. The van der Waals surface area contributed by atoms with E-state index in [-0.39, 0.29) is 18.4 Å². The quantitative estimate of drug-likeness (QED) is 0.618. The van der Waals surface area contributed by atoms with Crippen LogP contribution >= 0.6 is 11.6 Å². The van der Waals surface area contributed by atoms with Gasteiger partial charge >= 0.3 is 5.97 Å². The summed E-state index contributed by atoms with van der Waals surface area (Å²) < 4.78 is 10.2. The fourth-order valence-corrected chi connectivity index (χ4v) is 1.37. The Balaban J connectivity index is 2.13. The third kappa shape index (κ3) is 6.43. The van der Waals surface area contributed by atoms with Crippen molar-refractivity contribution < 1.29 is 19.1 Å². The topological polar surface area (TPSA) is 64.6 Å². The first-order valence-electron chi connectivity index (χ1n) is 6.30. The molecule has 1 aromatic rings. The van der Waals surface area contributed by atoms with Gasteiger partial charge in [-0.25, -0.2) is 0 Å². The lowest BCUT2D eigenvalue weighted by Crippen LogP contribution is -2.32. The molecule has 0 spiro atoms. The summed E-state index contributed by atoms with van der Waals surface area (Å²) in [4.78, 5) is 22.5. The lowest BCUT2D eigenvalue weighted by molar-refractivity contribution is -0.151. The molecular formula is C14H18ClNO4. The predicted octanol–water partition coefficient (Wildman–Crippen LogP) is 2.03. The summed E-state index contributed by atoms with van der Waals surface area (Å²) in [7, 11) is 0. The number of hydrogen-bond donors (Lipinski definition) is 1. The highest BCUT2D eigenvalue weighted by molar-refractivity contribution is 6.30. The molecule has 0 aliphatic heterocycles. The summed E-state index contributed by atoms with van der Waals surface area (Å²) in [6.07, 6.45) is 0. The Labute approximate surface area is 123 Å². The maximum Gasteiger partial charge on any atom is 0.308 e. The largest absolute Gasteiger partial charge is 0.492 e. The number of carbonyl (C=O) groups is 2. The van der Waals surface area contributed by atoms with E-state index in [1.165, 1.54) is 0 Å². The lowest BCUT2D eigenvalue weighted by Gasteiger charge is -2.09. The molecule has 0 bridgehead atoms. The monoisotopic (exact) mass is 299 g/mol. The summed E-state index contributed by atoms with van der Waals surface area (Å²) in [6, 6.07) is 6.94. The van der Waals surface area contributed by atoms with Crippen molar-refractivity contribution in [2.24, 2.45) is 5.92 Å². The molecule has 0 unspecified atom stereocenters. The van der Waals surface area contributed by atoms with Gasteiger partial charge in [0.25, 0.3) is 5.91 Å². The van der Waals surface area contributed by atoms with Crippen LogP contribution in [0.25, 0.3) is 0 Å². The van der Waals surface area contributed by atoms with Gasteiger partial charge in [-0.2, -0.15) is 0 Å². The van der Waals surface area contributed by atoms with E-state index in [9.17, 15) is 9.59 Å². The first kappa shape index (κ1) is 16.3. The maximum atomic E-state index is 11.4. The summed E-state index contributed by atoms with van der Waals surface area (Å²) in [6.45, 7) is 3.81. The highest BCUT2D eigenvalue weighted by Gasteiger charge is 2.10. The third-order valence-corrected chi connectivity index (χ3v) is 2.58. The SMILES string of the molecule is CC(C)C(=O)OCC(=O)NCCOc1ccc(Cl)cc1. The van der Waals surface area contributed by atoms with Gasteiger partial charge in [0.1, 0.15) is 12.4 Å². The van der Waals surface area contributed by atoms with Crippen LogP contribution in [0, 0.1) is 5.92 Å². The number of rotatable bonds is 7. The van der Waals surface area contributed by atoms with E-state index >= 15 is 0 Å². The van der Waals surface area contributed by atoms with Gasteiger partial charge in [0, 0.05) is 5.02 Å². The minimum atomic E-state index is -0.391. The van der Waals surface area contributed by atoms with E-state index < -0.39 is 5.97 Å². The van der Waals surface area contributed by atoms with Gasteiger partial charge in [0.15, 0.2) is 6.61 Å². The number of esters is 1. The van der Waals surface area contributed by atoms with Gasteiger partial charge < -0.3 is 14.8 Å². The summed E-state index contributed by atoms with van der Waals surface area (Å²) in [5.41, 5.74) is 0. The van der Waals surface area contributed by atoms with Crippen LogP contribution < -0.4 is 10.1 Å². The third-order valence-electron chi connectivity index (χ3n) is 2.32. The molecule has 0 aliphatic carbocycles. The van der Waals surface area contributed by atoms with Crippen LogP contribution in [-0.4, -0.2) is 31.6 Å². The fraction of sp³-hybridized carbons (Fsp3) is 0.429. The van der Waals surface area contributed by atoms with Crippen molar-refractivity contribution in [2.75, 3.05) is 19.8 Å². The van der Waals surface area contributed by atoms with Gasteiger partial charge in [-0.05, 0) is 24.3 Å². The van der Waals surface area contributed by atoms with Crippen molar-refractivity contribution in [1.29, 1.82) is 0 Å². The molecule has 0 saturated heterocycles. The predicted molar refractivity (Wildman–Crippen MR) is 75.8 cm³/mol. The zero-order valence-corrected chi connectivity index (χ0v) is 12.3. The molecule has 5 nitrogen and oxygen atoms in total. The second-order valence-electron chi connectivity index (χ2n) is 4.41. The molecule has 0 heterocycles. The Morgan fingerprint density at radius 1 is 1.25 bits per heavy atom. The molecule has 0 aromatic heterocycles. The first-order valence-corrected chi connectivity index (χ1v) is 6.68. The molecule has 20 heavy (non-hydrogen) atoms. The average molecular weight is 300 g/mol. The zero-order chi connectivity index (χ0) is 15.0. The second kappa shape index (κ2) is 8.43. The molecule has 1 aromatic carbocycles. The smallest absolute Gasteiger partial charge is 0.308 e. The van der Waals surface area contributed by atoms with Crippen LogP contribution in [0.15, 0.2) is 24.3 Å². The van der Waals surface area contributed by atoms with Gasteiger partial charge in [-0.3, -0.25) is 9.59 Å². The molecule has 1 N–H and O–H groups in total. The summed E-state index contributed by atoms with van der Waals surface area (Å²) in [5.74, 6) is -0.304. The Bertz CT molecular complexity index is 445. The van der Waals surface area contributed by atoms with E-state index in [0.29, 0.717) is 23.9 Å². The van der Waals surface area contributed by atoms with Gasteiger partial charge in [0.2, 0.25) is 0 Å². The van der Waals surface area contributed by atoms with Crippen LogP contribution in [0.3, 0.4) is 0 Å². The second-order valence-corrected chi connectivity index (χ2v) is 4.85. The molecule has 1 rings (SSSR count). The van der Waals surface area contributed by atoms with E-state index in [1.54, 1.807) is 38.1 Å². The zero-order valence-electron chi connectivity index (χ0n) is 11.5. The van der Waals surface area contributed by atoms with Crippen molar-refractivity contribution in [3.63, 3.8) is 0 Å². The van der Waals surface area contributed by atoms with Crippen LogP contribution in [0.2, 0.25) is 5.02 Å². The number of hydrogen-bond acceptors (Lipinski definition) is 4. The molecule has 0 fully saturated rings. The molecule has 0 radical (unpaired) electrons. The number of amides is 1. The minimum absolute atomic E-state index is 0.240. The Morgan fingerprint density at radius 3 is 2.50 bits per heavy atom. The van der Waals surface area contributed by atoms with Crippen LogP contribution in [0.4, 0.5) is 0 Å². The van der Waals surface area contributed by atoms with Crippen LogP contribution in [-0.2, 0) is 14.3 Å². The number of ether oxygens (including phenoxy) is 2. The van der Waals surface area contributed by atoms with Crippen LogP contribution in [0.5, 0.6) is 5.75 Å². The minimum Gasteiger partial charge on any atom is -0.492 e. The number of benzene rings is 1. The van der Waals surface area contributed by atoms with Crippen molar-refractivity contribution in [3.8, 4) is 5.75 Å². The van der Waals surface area contributed by atoms with Crippen molar-refractivity contribution >= 4 is 23.5 Å². The molecule has 0 saturated carbocycles. The van der Waals surface area contributed by atoms with Crippen molar-refractivity contribution in [1.82, 2.24) is 5.32 Å². The summed E-state index contributed by atoms with van der Waals surface area (Å²) in [5, 5.41) is 3.23. The lowest BCUT2D eigenvalue weighted by atomic mass is 10.2. The molecule has 1 amide bonds. The number of halogens is 1. The molecule has 110 valence electrons. The van der Waals surface area contributed by atoms with Gasteiger partial charge in [0.05, 0.1) is 12.5 Å². The molecule has 6 heteroatoms. The molecule has 0 aliphatic rings. The van der Waals surface area contributed by atoms with Gasteiger partial charge in [-0.15, -0.1) is 0 Å². The normalized spacial score (nSPS) is 10.2. The van der Waals surface area contributed by atoms with Crippen molar-refractivity contribution in [2.45, 2.75) is 13.8 Å².